The van der Waals surface area contributed by atoms with Crippen LogP contribution in [0.3, 0.4) is 0 Å². The first-order chi connectivity index (χ1) is 8.29. The molecule has 2 heterocycles. The van der Waals surface area contributed by atoms with E-state index in [0.717, 1.165) is 6.20 Å². The van der Waals surface area contributed by atoms with Gasteiger partial charge in [-0.2, -0.15) is 27.6 Å². The number of hydrogen-bond acceptors (Lipinski definition) is 2. The van der Waals surface area contributed by atoms with Gasteiger partial charge in [0.1, 0.15) is 0 Å². The Morgan fingerprint density at radius 3 is 2.44 bits per heavy atom. The zero-order valence-corrected chi connectivity index (χ0v) is 9.10. The van der Waals surface area contributed by atoms with Crippen molar-refractivity contribution in [2.45, 2.75) is 6.18 Å². The van der Waals surface area contributed by atoms with Crippen LogP contribution in [-0.4, -0.2) is 14.8 Å². The van der Waals surface area contributed by atoms with Crippen molar-refractivity contribution in [2.75, 3.05) is 0 Å². The van der Waals surface area contributed by atoms with Crippen molar-refractivity contribution in [3.8, 4) is 5.82 Å². The van der Waals surface area contributed by atoms with E-state index in [1.54, 1.807) is 0 Å². The highest BCUT2D eigenvalue weighted by atomic mass is 35.5. The Balaban J connectivity index is 2.50. The van der Waals surface area contributed by atoms with Crippen LogP contribution in [-0.2, 0) is 6.18 Å². The van der Waals surface area contributed by atoms with Gasteiger partial charge in [0.05, 0.1) is 5.02 Å². The predicted octanol–water partition coefficient (Wildman–Crippen LogP) is 3.22. The summed E-state index contributed by atoms with van der Waals surface area (Å²) in [6.07, 6.45) is -3.85. The van der Waals surface area contributed by atoms with E-state index in [1.807, 2.05) is 0 Å². The second-order valence-electron chi connectivity index (χ2n) is 3.21. The number of nitrogens with zero attached hydrogens (tertiary/aromatic N) is 3. The minimum atomic E-state index is -4.67. The molecule has 2 rings (SSSR count). The first-order valence-corrected chi connectivity index (χ1v) is 4.81. The van der Waals surface area contributed by atoms with Crippen molar-refractivity contribution in [1.29, 1.82) is 0 Å². The molecule has 18 heavy (non-hydrogen) atoms. The molecule has 0 fully saturated rings. The van der Waals surface area contributed by atoms with Crippen molar-refractivity contribution in [3.05, 3.63) is 40.8 Å². The smallest absolute Gasteiger partial charge is 0.219 e. The van der Waals surface area contributed by atoms with Gasteiger partial charge >= 0.3 is 6.18 Å². The topological polar surface area (TPSA) is 30.7 Å². The lowest BCUT2D eigenvalue weighted by atomic mass is 10.4. The Labute approximate surface area is 102 Å². The zero-order valence-electron chi connectivity index (χ0n) is 8.34. The van der Waals surface area contributed by atoms with Gasteiger partial charge in [-0.05, 0) is 6.07 Å². The van der Waals surface area contributed by atoms with E-state index in [1.165, 1.54) is 0 Å². The van der Waals surface area contributed by atoms with Gasteiger partial charge in [-0.3, -0.25) is 0 Å². The molecular formula is C9H3ClF5N3. The van der Waals surface area contributed by atoms with E-state index in [4.69, 9.17) is 11.6 Å². The average molecular weight is 284 g/mol. The monoisotopic (exact) mass is 283 g/mol. The maximum atomic E-state index is 13.4. The molecule has 0 bridgehead atoms. The number of hydrogen-bond donors (Lipinski definition) is 0. The van der Waals surface area contributed by atoms with Crippen LogP contribution in [0, 0.1) is 11.8 Å². The molecule has 0 N–H and O–H groups in total. The van der Waals surface area contributed by atoms with Crippen LogP contribution >= 0.6 is 11.6 Å². The van der Waals surface area contributed by atoms with Gasteiger partial charge in [0.15, 0.2) is 17.3 Å². The fourth-order valence-electron chi connectivity index (χ4n) is 1.19. The van der Waals surface area contributed by atoms with Crippen molar-refractivity contribution in [2.24, 2.45) is 0 Å². The van der Waals surface area contributed by atoms with Crippen molar-refractivity contribution < 1.29 is 22.0 Å². The summed E-state index contributed by atoms with van der Waals surface area (Å²) in [5, 5.41) is 2.49. The largest absolute Gasteiger partial charge is 0.435 e. The molecule has 0 saturated heterocycles. The van der Waals surface area contributed by atoms with E-state index in [-0.39, 0.29) is 0 Å². The van der Waals surface area contributed by atoms with E-state index in [9.17, 15) is 22.0 Å². The van der Waals surface area contributed by atoms with Gasteiger partial charge in [-0.25, -0.2) is 9.07 Å². The summed E-state index contributed by atoms with van der Waals surface area (Å²) in [7, 11) is 0. The van der Waals surface area contributed by atoms with Gasteiger partial charge in [0.25, 0.3) is 0 Å². The molecule has 0 spiro atoms. The van der Waals surface area contributed by atoms with Crippen molar-refractivity contribution in [3.63, 3.8) is 0 Å². The van der Waals surface area contributed by atoms with E-state index < -0.39 is 34.5 Å². The molecule has 96 valence electrons. The second kappa shape index (κ2) is 4.20. The summed E-state index contributed by atoms with van der Waals surface area (Å²) in [6, 6.07) is 1.22. The molecule has 9 heteroatoms. The summed E-state index contributed by atoms with van der Waals surface area (Å²) in [5.74, 6) is -2.98. The predicted molar refractivity (Wildman–Crippen MR) is 51.3 cm³/mol. The van der Waals surface area contributed by atoms with Crippen LogP contribution in [0.4, 0.5) is 22.0 Å². The Bertz CT molecular complexity index is 592. The first kappa shape index (κ1) is 12.7. The molecule has 2 aromatic rings. The SMILES string of the molecule is Fc1cc(Cl)c(F)nc1-n1ccc(C(F)(F)F)n1. The highest BCUT2D eigenvalue weighted by molar-refractivity contribution is 6.30. The summed E-state index contributed by atoms with van der Waals surface area (Å²) >= 11 is 5.26. The molecule has 0 atom stereocenters. The fourth-order valence-corrected chi connectivity index (χ4v) is 1.33. The van der Waals surface area contributed by atoms with E-state index >= 15 is 0 Å². The summed E-state index contributed by atoms with van der Waals surface area (Å²) < 4.78 is 63.7. The van der Waals surface area contributed by atoms with Crippen LogP contribution in [0.25, 0.3) is 5.82 Å². The Hall–Kier alpha value is -1.70. The maximum Gasteiger partial charge on any atom is 0.435 e. The van der Waals surface area contributed by atoms with Crippen LogP contribution in [0.5, 0.6) is 0 Å². The maximum absolute atomic E-state index is 13.4. The van der Waals surface area contributed by atoms with Gasteiger partial charge in [-0.1, -0.05) is 11.6 Å². The summed E-state index contributed by atoms with van der Waals surface area (Å²) in [4.78, 5) is 3.10. The molecule has 3 nitrogen and oxygen atoms in total. The molecule has 2 aromatic heterocycles. The number of rotatable bonds is 1. The van der Waals surface area contributed by atoms with Crippen molar-refractivity contribution in [1.82, 2.24) is 14.8 Å². The zero-order chi connectivity index (χ0) is 13.5. The molecule has 0 amide bonds. The number of alkyl halides is 3. The number of aromatic nitrogens is 3. The standard InChI is InChI=1S/C9H3ClF5N3/c10-4-3-5(11)8(16-7(4)12)18-2-1-6(17-18)9(13,14)15/h1-3H. The van der Waals surface area contributed by atoms with Gasteiger partial charge in [0.2, 0.25) is 5.95 Å². The molecule has 0 radical (unpaired) electrons. The molecule has 0 aliphatic rings. The third kappa shape index (κ3) is 2.28. The lowest BCUT2D eigenvalue weighted by molar-refractivity contribution is -0.141. The van der Waals surface area contributed by atoms with E-state index in [0.29, 0.717) is 16.8 Å². The number of pyridine rings is 1. The quantitative estimate of drug-likeness (QED) is 0.594. The molecule has 0 aromatic carbocycles. The minimum Gasteiger partial charge on any atom is -0.219 e. The molecule has 0 aliphatic heterocycles. The third-order valence-corrected chi connectivity index (χ3v) is 2.23. The number of halogens is 6. The van der Waals surface area contributed by atoms with Crippen LogP contribution in [0.1, 0.15) is 5.69 Å². The molecular weight excluding hydrogens is 281 g/mol. The van der Waals surface area contributed by atoms with Crippen molar-refractivity contribution >= 4 is 11.6 Å². The first-order valence-electron chi connectivity index (χ1n) is 4.44. The Morgan fingerprint density at radius 2 is 1.89 bits per heavy atom. The van der Waals surface area contributed by atoms with Gasteiger partial charge in [-0.15, -0.1) is 0 Å². The third-order valence-electron chi connectivity index (χ3n) is 1.96. The van der Waals surface area contributed by atoms with Crippen LogP contribution < -0.4 is 0 Å². The molecule has 0 unspecified atom stereocenters. The lowest BCUT2D eigenvalue weighted by Crippen LogP contribution is -2.09. The highest BCUT2D eigenvalue weighted by Gasteiger charge is 2.34. The van der Waals surface area contributed by atoms with E-state index in [2.05, 4.69) is 10.1 Å². The van der Waals surface area contributed by atoms with Gasteiger partial charge in [0, 0.05) is 12.3 Å². The Morgan fingerprint density at radius 1 is 1.22 bits per heavy atom. The Kier molecular flexibility index (Phi) is 2.97. The second-order valence-corrected chi connectivity index (χ2v) is 3.62. The van der Waals surface area contributed by atoms with Crippen LogP contribution in [0.2, 0.25) is 5.02 Å². The van der Waals surface area contributed by atoms with Gasteiger partial charge < -0.3 is 0 Å². The minimum absolute atomic E-state index is 0.484. The summed E-state index contributed by atoms with van der Waals surface area (Å²) in [5.41, 5.74) is -1.24. The fraction of sp³-hybridized carbons (Fsp3) is 0.111. The highest BCUT2D eigenvalue weighted by Crippen LogP contribution is 2.28. The van der Waals surface area contributed by atoms with Crippen LogP contribution in [0.15, 0.2) is 18.3 Å². The average Bonchev–Trinajstić information content (AvgIpc) is 2.72. The lowest BCUT2D eigenvalue weighted by Gasteiger charge is -2.04. The molecule has 0 saturated carbocycles. The summed E-state index contributed by atoms with van der Waals surface area (Å²) in [6.45, 7) is 0. The normalized spacial score (nSPS) is 11.9. The molecule has 0 aliphatic carbocycles.